The van der Waals surface area contributed by atoms with Crippen molar-refractivity contribution in [2.75, 3.05) is 6.54 Å². The Morgan fingerprint density at radius 2 is 2.26 bits per heavy atom. The molecule has 4 atom stereocenters. The standard InChI is InChI=1S/C8H13N7O4/c1-4-7(13-15-10)5(16)2-8(18,19-4)12-6(17)3-11-14-9/h4-5,7,16,18H,2-3H2,1H3,(H,12,17)/t4-,5-,7-,8?/m1/s1. The molecule has 1 amide bonds. The molecule has 1 heterocycles. The van der Waals surface area contributed by atoms with E-state index in [-0.39, 0.29) is 6.42 Å². The van der Waals surface area contributed by atoms with Crippen LogP contribution in [0.1, 0.15) is 13.3 Å². The molecule has 11 heteroatoms. The summed E-state index contributed by atoms with van der Waals surface area (Å²) in [6.07, 6.45) is -2.35. The number of nitrogens with zero attached hydrogens (tertiary/aromatic N) is 6. The van der Waals surface area contributed by atoms with E-state index < -0.39 is 36.6 Å². The lowest BCUT2D eigenvalue weighted by Gasteiger charge is -2.41. The van der Waals surface area contributed by atoms with Crippen LogP contribution >= 0.6 is 0 Å². The Kier molecular flexibility index (Phi) is 4.93. The van der Waals surface area contributed by atoms with E-state index in [0.717, 1.165) is 0 Å². The maximum atomic E-state index is 11.3. The second kappa shape index (κ2) is 6.23. The molecular formula is C8H13N7O4. The minimum atomic E-state index is -2.09. The highest BCUT2D eigenvalue weighted by molar-refractivity contribution is 5.78. The highest BCUT2D eigenvalue weighted by atomic mass is 16.7. The Morgan fingerprint density at radius 3 is 2.79 bits per heavy atom. The molecule has 1 aliphatic rings. The van der Waals surface area contributed by atoms with Crippen molar-refractivity contribution in [3.63, 3.8) is 0 Å². The van der Waals surface area contributed by atoms with Crippen LogP contribution < -0.4 is 5.32 Å². The molecule has 0 aromatic carbocycles. The van der Waals surface area contributed by atoms with Crippen LogP contribution in [-0.2, 0) is 9.53 Å². The molecule has 0 aromatic rings. The number of amides is 1. The van der Waals surface area contributed by atoms with Gasteiger partial charge in [0, 0.05) is 16.2 Å². The zero-order valence-corrected chi connectivity index (χ0v) is 10.0. The molecule has 0 radical (unpaired) electrons. The van der Waals surface area contributed by atoms with Gasteiger partial charge in [-0.15, -0.1) is 0 Å². The van der Waals surface area contributed by atoms with Gasteiger partial charge in [-0.3, -0.25) is 4.79 Å². The molecule has 0 aromatic heterocycles. The largest absolute Gasteiger partial charge is 0.392 e. The molecule has 1 unspecified atom stereocenters. The van der Waals surface area contributed by atoms with Gasteiger partial charge in [0.15, 0.2) is 0 Å². The normalized spacial score (nSPS) is 33.7. The summed E-state index contributed by atoms with van der Waals surface area (Å²) >= 11 is 0. The molecule has 0 saturated carbocycles. The summed E-state index contributed by atoms with van der Waals surface area (Å²) in [5.74, 6) is -2.86. The first kappa shape index (κ1) is 15.0. The predicted octanol–water partition coefficient (Wildman–Crippen LogP) is -0.0924. The van der Waals surface area contributed by atoms with E-state index in [9.17, 15) is 15.0 Å². The highest BCUT2D eigenvalue weighted by Gasteiger charge is 2.44. The van der Waals surface area contributed by atoms with Crippen molar-refractivity contribution in [2.24, 2.45) is 10.2 Å². The number of carbonyl (C=O) groups excluding carboxylic acids is 1. The first-order valence-corrected chi connectivity index (χ1v) is 5.36. The number of aliphatic hydroxyl groups is 2. The van der Waals surface area contributed by atoms with Crippen LogP contribution in [0.3, 0.4) is 0 Å². The van der Waals surface area contributed by atoms with E-state index in [1.165, 1.54) is 6.92 Å². The first-order chi connectivity index (χ1) is 8.91. The van der Waals surface area contributed by atoms with Crippen LogP contribution in [0.25, 0.3) is 20.9 Å². The minimum Gasteiger partial charge on any atom is -0.392 e. The van der Waals surface area contributed by atoms with Crippen molar-refractivity contribution in [1.29, 1.82) is 0 Å². The fraction of sp³-hybridized carbons (Fsp3) is 0.875. The Bertz CT molecular complexity index is 430. The summed E-state index contributed by atoms with van der Waals surface area (Å²) in [6, 6.07) is -0.862. The van der Waals surface area contributed by atoms with E-state index >= 15 is 0 Å². The monoisotopic (exact) mass is 271 g/mol. The number of rotatable bonds is 4. The lowest BCUT2D eigenvalue weighted by atomic mass is 9.98. The summed E-state index contributed by atoms with van der Waals surface area (Å²) in [7, 11) is 0. The quantitative estimate of drug-likeness (QED) is 0.280. The molecule has 11 nitrogen and oxygen atoms in total. The number of hydrogen-bond donors (Lipinski definition) is 3. The van der Waals surface area contributed by atoms with Crippen LogP contribution in [0, 0.1) is 0 Å². The topological polar surface area (TPSA) is 176 Å². The van der Waals surface area contributed by atoms with E-state index in [0.29, 0.717) is 0 Å². The highest BCUT2D eigenvalue weighted by Crippen LogP contribution is 2.27. The molecule has 19 heavy (non-hydrogen) atoms. The lowest BCUT2D eigenvalue weighted by molar-refractivity contribution is -0.286. The molecule has 1 fully saturated rings. The van der Waals surface area contributed by atoms with Crippen molar-refractivity contribution in [3.8, 4) is 0 Å². The average Bonchev–Trinajstić information content (AvgIpc) is 2.30. The van der Waals surface area contributed by atoms with E-state index in [1.807, 2.05) is 0 Å². The predicted molar refractivity (Wildman–Crippen MR) is 61.2 cm³/mol. The molecule has 0 aliphatic carbocycles. The summed E-state index contributed by atoms with van der Waals surface area (Å²) in [6.45, 7) is 0.971. The second-order valence-electron chi connectivity index (χ2n) is 4.01. The maximum Gasteiger partial charge on any atom is 0.251 e. The van der Waals surface area contributed by atoms with E-state index in [4.69, 9.17) is 15.8 Å². The van der Waals surface area contributed by atoms with Gasteiger partial charge in [0.05, 0.1) is 18.2 Å². The van der Waals surface area contributed by atoms with Crippen molar-refractivity contribution in [1.82, 2.24) is 5.32 Å². The molecular weight excluding hydrogens is 258 g/mol. The molecule has 104 valence electrons. The molecule has 1 aliphatic heterocycles. The molecule has 3 N–H and O–H groups in total. The fourth-order valence-corrected chi connectivity index (χ4v) is 1.81. The van der Waals surface area contributed by atoms with Crippen molar-refractivity contribution in [2.45, 2.75) is 37.5 Å². The summed E-state index contributed by atoms with van der Waals surface area (Å²) in [5, 5.41) is 28.2. The Labute approximate surface area is 107 Å². The van der Waals surface area contributed by atoms with Gasteiger partial charge >= 0.3 is 0 Å². The van der Waals surface area contributed by atoms with Gasteiger partial charge in [-0.25, -0.2) is 0 Å². The number of hydrogen-bond acceptors (Lipinski definition) is 6. The lowest BCUT2D eigenvalue weighted by Crippen LogP contribution is -2.61. The second-order valence-corrected chi connectivity index (χ2v) is 4.01. The van der Waals surface area contributed by atoms with Gasteiger partial charge in [-0.05, 0) is 18.0 Å². The number of ether oxygens (including phenoxy) is 1. The maximum absolute atomic E-state index is 11.3. The molecule has 1 rings (SSSR count). The van der Waals surface area contributed by atoms with Crippen molar-refractivity contribution < 1.29 is 19.7 Å². The summed E-state index contributed by atoms with van der Waals surface area (Å²) in [5.41, 5.74) is 16.4. The smallest absolute Gasteiger partial charge is 0.251 e. The third kappa shape index (κ3) is 3.98. The number of nitrogens with one attached hydrogen (secondary N) is 1. The van der Waals surface area contributed by atoms with E-state index in [1.54, 1.807) is 0 Å². The number of aliphatic hydroxyl groups excluding tert-OH is 1. The Morgan fingerprint density at radius 1 is 1.58 bits per heavy atom. The molecule has 0 spiro atoms. The van der Waals surface area contributed by atoms with Crippen LogP contribution in [0.4, 0.5) is 0 Å². The van der Waals surface area contributed by atoms with Crippen LogP contribution in [0.15, 0.2) is 10.2 Å². The van der Waals surface area contributed by atoms with Crippen molar-refractivity contribution in [3.05, 3.63) is 20.9 Å². The summed E-state index contributed by atoms with van der Waals surface area (Å²) < 4.78 is 5.12. The van der Waals surface area contributed by atoms with Gasteiger partial charge in [-0.2, -0.15) is 0 Å². The minimum absolute atomic E-state index is 0.372. The average molecular weight is 271 g/mol. The van der Waals surface area contributed by atoms with Gasteiger partial charge in [-0.1, -0.05) is 10.2 Å². The SMILES string of the molecule is C[C@H]1OC(O)(NC(=O)CN=[N+]=[N-])C[C@@H](O)[C@@H]1N=[N+]=[N-]. The first-order valence-electron chi connectivity index (χ1n) is 5.36. The fourth-order valence-electron chi connectivity index (χ4n) is 1.81. The van der Waals surface area contributed by atoms with E-state index in [2.05, 4.69) is 25.4 Å². The van der Waals surface area contributed by atoms with Crippen molar-refractivity contribution >= 4 is 5.91 Å². The van der Waals surface area contributed by atoms with Gasteiger partial charge in [0.25, 0.3) is 5.91 Å². The Balaban J connectivity index is 2.72. The van der Waals surface area contributed by atoms with Gasteiger partial charge < -0.3 is 20.3 Å². The van der Waals surface area contributed by atoms with Crippen LogP contribution in [0.5, 0.6) is 0 Å². The van der Waals surface area contributed by atoms with Crippen LogP contribution in [-0.4, -0.2) is 46.8 Å². The van der Waals surface area contributed by atoms with Crippen LogP contribution in [0.2, 0.25) is 0 Å². The number of carbonyl (C=O) groups is 1. The zero-order valence-electron chi connectivity index (χ0n) is 10.0. The number of azide groups is 2. The third-order valence-corrected chi connectivity index (χ3v) is 2.54. The summed E-state index contributed by atoms with van der Waals surface area (Å²) in [4.78, 5) is 16.3. The van der Waals surface area contributed by atoms with Gasteiger partial charge in [0.2, 0.25) is 5.91 Å². The molecule has 1 saturated heterocycles. The zero-order chi connectivity index (χ0) is 14.5. The Hall–Kier alpha value is -2.03. The third-order valence-electron chi connectivity index (χ3n) is 2.54. The molecule has 0 bridgehead atoms. The van der Waals surface area contributed by atoms with Gasteiger partial charge in [0.1, 0.15) is 6.54 Å².